The van der Waals surface area contributed by atoms with Crippen LogP contribution in [0.5, 0.6) is 0 Å². The van der Waals surface area contributed by atoms with Gasteiger partial charge in [-0.15, -0.1) is 0 Å². The van der Waals surface area contributed by atoms with Gasteiger partial charge in [0, 0.05) is 38.9 Å². The van der Waals surface area contributed by atoms with E-state index in [0.717, 1.165) is 17.8 Å². The van der Waals surface area contributed by atoms with Crippen LogP contribution in [-0.2, 0) is 16.1 Å². The Morgan fingerprint density at radius 2 is 2.11 bits per heavy atom. The van der Waals surface area contributed by atoms with Gasteiger partial charge >= 0.3 is 0 Å². The van der Waals surface area contributed by atoms with E-state index in [1.165, 1.54) is 0 Å². The Bertz CT molecular complexity index is 396. The van der Waals surface area contributed by atoms with Crippen LogP contribution >= 0.6 is 0 Å². The van der Waals surface area contributed by atoms with Gasteiger partial charge in [-0.25, -0.2) is 0 Å². The summed E-state index contributed by atoms with van der Waals surface area (Å²) in [5.41, 5.74) is 7.38. The number of anilines is 1. The number of nitrogens with one attached hydrogen (secondary N) is 1. The Morgan fingerprint density at radius 3 is 2.79 bits per heavy atom. The zero-order chi connectivity index (χ0) is 14.1. The van der Waals surface area contributed by atoms with Crippen LogP contribution in [0.1, 0.15) is 12.0 Å². The number of para-hydroxylation sites is 1. The molecular weight excluding hydrogens is 242 g/mol. The van der Waals surface area contributed by atoms with Gasteiger partial charge in [0.05, 0.1) is 6.61 Å². The summed E-state index contributed by atoms with van der Waals surface area (Å²) < 4.78 is 4.99. The molecule has 1 rings (SSSR count). The first-order valence-corrected chi connectivity index (χ1v) is 6.42. The van der Waals surface area contributed by atoms with Gasteiger partial charge in [0.15, 0.2) is 0 Å². The van der Waals surface area contributed by atoms with Crippen molar-refractivity contribution < 1.29 is 9.53 Å². The van der Waals surface area contributed by atoms with Gasteiger partial charge in [-0.05, 0) is 18.7 Å². The third kappa shape index (κ3) is 5.83. The topological polar surface area (TPSA) is 67.6 Å². The number of nitrogens with two attached hydrogens (primary N) is 1. The normalized spacial score (nSPS) is 10.7. The molecule has 1 aromatic carbocycles. The second-order valence-electron chi connectivity index (χ2n) is 4.46. The molecule has 19 heavy (non-hydrogen) atoms. The fourth-order valence-corrected chi connectivity index (χ4v) is 1.68. The minimum absolute atomic E-state index is 0.00478. The fraction of sp³-hybridized carbons (Fsp3) is 0.500. The van der Waals surface area contributed by atoms with Gasteiger partial charge < -0.3 is 20.7 Å². The molecule has 0 aliphatic rings. The first-order valence-electron chi connectivity index (χ1n) is 6.42. The first kappa shape index (κ1) is 15.6. The lowest BCUT2D eigenvalue weighted by Crippen LogP contribution is -2.27. The van der Waals surface area contributed by atoms with Gasteiger partial charge in [-0.3, -0.25) is 4.79 Å². The van der Waals surface area contributed by atoms with Crippen LogP contribution in [0, 0.1) is 0 Å². The Morgan fingerprint density at radius 1 is 1.37 bits per heavy atom. The van der Waals surface area contributed by atoms with E-state index in [1.54, 1.807) is 7.11 Å². The van der Waals surface area contributed by atoms with E-state index in [1.807, 2.05) is 31.3 Å². The monoisotopic (exact) mass is 265 g/mol. The maximum Gasteiger partial charge on any atom is 0.225 e. The summed E-state index contributed by atoms with van der Waals surface area (Å²) in [6.07, 6.45) is 0.457. The number of hydrogen-bond acceptors (Lipinski definition) is 4. The number of benzene rings is 1. The number of ether oxygens (including phenoxy) is 1. The number of carbonyl (C=O) groups is 1. The van der Waals surface area contributed by atoms with Crippen LogP contribution in [0.4, 0.5) is 5.69 Å². The summed E-state index contributed by atoms with van der Waals surface area (Å²) in [4.78, 5) is 13.9. The molecule has 0 saturated carbocycles. The number of rotatable bonds is 8. The lowest BCUT2D eigenvalue weighted by atomic mass is 10.1. The number of likely N-dealkylation sites (N-methyl/N-ethyl adjacent to an activating group) is 1. The number of hydrogen-bond donors (Lipinski definition) is 2. The third-order valence-corrected chi connectivity index (χ3v) is 2.91. The minimum Gasteiger partial charge on any atom is -0.383 e. The molecule has 0 aromatic heterocycles. The highest BCUT2D eigenvalue weighted by Gasteiger charge is 2.07. The molecule has 5 nitrogen and oxygen atoms in total. The van der Waals surface area contributed by atoms with Crippen molar-refractivity contribution in [2.24, 2.45) is 5.73 Å². The molecule has 0 bridgehead atoms. The van der Waals surface area contributed by atoms with E-state index < -0.39 is 0 Å². The summed E-state index contributed by atoms with van der Waals surface area (Å²) in [7, 11) is 3.64. The number of nitrogens with zero attached hydrogens (tertiary/aromatic N) is 1. The Kier molecular flexibility index (Phi) is 7.10. The molecule has 0 atom stereocenters. The molecule has 0 aliphatic heterocycles. The van der Waals surface area contributed by atoms with Crippen molar-refractivity contribution in [3.05, 3.63) is 29.8 Å². The third-order valence-electron chi connectivity index (χ3n) is 2.91. The van der Waals surface area contributed by atoms with Gasteiger partial charge in [-0.2, -0.15) is 0 Å². The predicted molar refractivity (Wildman–Crippen MR) is 77.0 cm³/mol. The smallest absolute Gasteiger partial charge is 0.225 e. The standard InChI is InChI=1S/C14H23N3O2/c1-17(9-10-19-2)8-7-14(18)16-13-6-4-3-5-12(13)11-15/h3-6H,7-11,15H2,1-2H3,(H,16,18). The molecular formula is C14H23N3O2. The molecule has 0 heterocycles. The van der Waals surface area contributed by atoms with Crippen molar-refractivity contribution in [2.45, 2.75) is 13.0 Å². The van der Waals surface area contributed by atoms with Crippen molar-refractivity contribution in [3.8, 4) is 0 Å². The van der Waals surface area contributed by atoms with E-state index in [9.17, 15) is 4.79 Å². The summed E-state index contributed by atoms with van der Waals surface area (Å²) in [6.45, 7) is 2.63. The van der Waals surface area contributed by atoms with Crippen LogP contribution in [0.15, 0.2) is 24.3 Å². The fourth-order valence-electron chi connectivity index (χ4n) is 1.68. The second-order valence-corrected chi connectivity index (χ2v) is 4.46. The number of amides is 1. The highest BCUT2D eigenvalue weighted by molar-refractivity contribution is 5.91. The quantitative estimate of drug-likeness (QED) is 0.737. The van der Waals surface area contributed by atoms with Crippen molar-refractivity contribution in [1.29, 1.82) is 0 Å². The molecule has 0 spiro atoms. The highest BCUT2D eigenvalue weighted by Crippen LogP contribution is 2.14. The van der Waals surface area contributed by atoms with Crippen molar-refractivity contribution in [2.75, 3.05) is 39.2 Å². The maximum atomic E-state index is 11.8. The van der Waals surface area contributed by atoms with E-state index in [-0.39, 0.29) is 5.91 Å². The lowest BCUT2D eigenvalue weighted by Gasteiger charge is -2.16. The van der Waals surface area contributed by atoms with Gasteiger partial charge in [0.25, 0.3) is 0 Å². The van der Waals surface area contributed by atoms with Crippen LogP contribution in [-0.4, -0.2) is 44.7 Å². The largest absolute Gasteiger partial charge is 0.383 e. The molecule has 0 radical (unpaired) electrons. The summed E-state index contributed by atoms with van der Waals surface area (Å²) in [5, 5.41) is 2.90. The molecule has 0 saturated heterocycles. The van der Waals surface area contributed by atoms with Crippen LogP contribution in [0.25, 0.3) is 0 Å². The minimum atomic E-state index is 0.00478. The summed E-state index contributed by atoms with van der Waals surface area (Å²) >= 11 is 0. The summed E-state index contributed by atoms with van der Waals surface area (Å²) in [5.74, 6) is 0.00478. The molecule has 106 valence electrons. The molecule has 3 N–H and O–H groups in total. The molecule has 0 aliphatic carbocycles. The zero-order valence-corrected chi connectivity index (χ0v) is 11.7. The van der Waals surface area contributed by atoms with Crippen molar-refractivity contribution in [3.63, 3.8) is 0 Å². The van der Waals surface area contributed by atoms with E-state index in [4.69, 9.17) is 10.5 Å². The predicted octanol–water partition coefficient (Wildman–Crippen LogP) is 1.05. The molecule has 1 aromatic rings. The average molecular weight is 265 g/mol. The first-order chi connectivity index (χ1) is 9.17. The van der Waals surface area contributed by atoms with Crippen LogP contribution < -0.4 is 11.1 Å². The number of methoxy groups -OCH3 is 1. The Balaban J connectivity index is 2.38. The molecule has 1 amide bonds. The SMILES string of the molecule is COCCN(C)CCC(=O)Nc1ccccc1CN. The van der Waals surface area contributed by atoms with E-state index in [0.29, 0.717) is 26.1 Å². The van der Waals surface area contributed by atoms with Gasteiger partial charge in [0.2, 0.25) is 5.91 Å². The lowest BCUT2D eigenvalue weighted by molar-refractivity contribution is -0.116. The molecule has 0 unspecified atom stereocenters. The van der Waals surface area contributed by atoms with Gasteiger partial charge in [-0.1, -0.05) is 18.2 Å². The summed E-state index contributed by atoms with van der Waals surface area (Å²) in [6, 6.07) is 7.59. The van der Waals surface area contributed by atoms with Crippen LogP contribution in [0.2, 0.25) is 0 Å². The zero-order valence-electron chi connectivity index (χ0n) is 11.7. The Labute approximate surface area is 114 Å². The molecule has 0 fully saturated rings. The maximum absolute atomic E-state index is 11.8. The Hall–Kier alpha value is -1.43. The highest BCUT2D eigenvalue weighted by atomic mass is 16.5. The molecule has 5 heteroatoms. The second kappa shape index (κ2) is 8.63. The van der Waals surface area contributed by atoms with E-state index in [2.05, 4.69) is 10.2 Å². The van der Waals surface area contributed by atoms with Gasteiger partial charge in [0.1, 0.15) is 0 Å². The average Bonchev–Trinajstić information content (AvgIpc) is 2.43. The van der Waals surface area contributed by atoms with Crippen molar-refractivity contribution >= 4 is 11.6 Å². The van der Waals surface area contributed by atoms with E-state index >= 15 is 0 Å². The number of carbonyl (C=O) groups excluding carboxylic acids is 1. The van der Waals surface area contributed by atoms with Crippen molar-refractivity contribution in [1.82, 2.24) is 4.90 Å². The van der Waals surface area contributed by atoms with Crippen LogP contribution in [0.3, 0.4) is 0 Å².